The Bertz CT molecular complexity index is 576. The summed E-state index contributed by atoms with van der Waals surface area (Å²) in [6.07, 6.45) is -3.47. The van der Waals surface area contributed by atoms with E-state index in [2.05, 4.69) is 10.3 Å². The van der Waals surface area contributed by atoms with Crippen LogP contribution in [0.4, 0.5) is 18.3 Å². The minimum absolute atomic E-state index is 0.285. The molecule has 2 rings (SSSR count). The van der Waals surface area contributed by atoms with Gasteiger partial charge in [0.1, 0.15) is 4.88 Å². The van der Waals surface area contributed by atoms with E-state index in [9.17, 15) is 13.2 Å². The Hall–Kier alpha value is -1.56. The minimum atomic E-state index is -4.32. The fourth-order valence-electron chi connectivity index (χ4n) is 1.70. The van der Waals surface area contributed by atoms with Gasteiger partial charge >= 0.3 is 6.18 Å². The number of alkyl halides is 3. The van der Waals surface area contributed by atoms with Crippen molar-refractivity contribution in [3.05, 3.63) is 46.0 Å². The number of thiazole rings is 1. The molecule has 1 aromatic heterocycles. The van der Waals surface area contributed by atoms with Crippen LogP contribution in [-0.2, 0) is 12.7 Å². The monoisotopic (exact) mass is 286 g/mol. The van der Waals surface area contributed by atoms with Crippen molar-refractivity contribution in [2.24, 2.45) is 0 Å². The number of halogens is 3. The lowest BCUT2D eigenvalue weighted by atomic mass is 10.1. The molecule has 102 valence electrons. The van der Waals surface area contributed by atoms with Crippen LogP contribution in [0.1, 0.15) is 21.6 Å². The molecule has 0 fully saturated rings. The number of rotatable bonds is 3. The molecule has 0 spiro atoms. The molecule has 0 amide bonds. The molecule has 0 aliphatic carbocycles. The average Bonchev–Trinajstić information content (AvgIpc) is 2.76. The number of benzene rings is 1. The van der Waals surface area contributed by atoms with Gasteiger partial charge in [-0.3, -0.25) is 0 Å². The maximum absolute atomic E-state index is 12.4. The number of hydrogen-bond donors (Lipinski definition) is 1. The van der Waals surface area contributed by atoms with Gasteiger partial charge in [0.25, 0.3) is 0 Å². The molecular weight excluding hydrogens is 273 g/mol. The van der Waals surface area contributed by atoms with E-state index in [4.69, 9.17) is 0 Å². The first-order valence-electron chi connectivity index (χ1n) is 5.69. The summed E-state index contributed by atoms with van der Waals surface area (Å²) in [5.74, 6) is 0. The lowest BCUT2D eigenvalue weighted by Crippen LogP contribution is -2.01. The van der Waals surface area contributed by atoms with Gasteiger partial charge in [-0.15, -0.1) is 0 Å². The summed E-state index contributed by atoms with van der Waals surface area (Å²) in [6, 6.07) is 5.99. The third-order valence-corrected chi connectivity index (χ3v) is 3.71. The predicted molar refractivity (Wildman–Crippen MR) is 70.4 cm³/mol. The van der Waals surface area contributed by atoms with Crippen LogP contribution < -0.4 is 5.32 Å². The van der Waals surface area contributed by atoms with Crippen LogP contribution in [0.5, 0.6) is 0 Å². The SMILES string of the molecule is Cc1ccc(CNc2ncc(C(F)(F)F)s2)c(C)c1. The maximum Gasteiger partial charge on any atom is 0.427 e. The van der Waals surface area contributed by atoms with Crippen LogP contribution in [0, 0.1) is 13.8 Å². The summed E-state index contributed by atoms with van der Waals surface area (Å²) in [5.41, 5.74) is 3.32. The van der Waals surface area contributed by atoms with E-state index in [1.165, 1.54) is 0 Å². The average molecular weight is 286 g/mol. The Labute approximate surface area is 113 Å². The fraction of sp³-hybridized carbons (Fsp3) is 0.308. The van der Waals surface area contributed by atoms with E-state index >= 15 is 0 Å². The minimum Gasteiger partial charge on any atom is -0.357 e. The number of hydrogen-bond acceptors (Lipinski definition) is 3. The molecule has 1 heterocycles. The van der Waals surface area contributed by atoms with Gasteiger partial charge in [-0.2, -0.15) is 13.2 Å². The molecule has 2 aromatic rings. The van der Waals surface area contributed by atoms with E-state index < -0.39 is 11.1 Å². The van der Waals surface area contributed by atoms with Crippen molar-refractivity contribution in [2.75, 3.05) is 5.32 Å². The number of aromatic nitrogens is 1. The standard InChI is InChI=1S/C13H13F3N2S/c1-8-3-4-10(9(2)5-8)6-17-12-18-7-11(19-12)13(14,15)16/h3-5,7H,6H2,1-2H3,(H,17,18). The fourth-order valence-corrected chi connectivity index (χ4v) is 2.38. The van der Waals surface area contributed by atoms with E-state index in [1.54, 1.807) is 0 Å². The summed E-state index contributed by atoms with van der Waals surface area (Å²) in [4.78, 5) is 3.05. The molecule has 0 atom stereocenters. The topological polar surface area (TPSA) is 24.9 Å². The zero-order chi connectivity index (χ0) is 14.0. The quantitative estimate of drug-likeness (QED) is 0.905. The second-order valence-electron chi connectivity index (χ2n) is 4.31. The molecule has 0 radical (unpaired) electrons. The van der Waals surface area contributed by atoms with Gasteiger partial charge < -0.3 is 5.32 Å². The molecule has 0 saturated carbocycles. The van der Waals surface area contributed by atoms with Gasteiger partial charge in [-0.05, 0) is 25.0 Å². The third-order valence-electron chi connectivity index (χ3n) is 2.71. The lowest BCUT2D eigenvalue weighted by molar-refractivity contribution is -0.134. The first kappa shape index (κ1) is 13.9. The van der Waals surface area contributed by atoms with Crippen molar-refractivity contribution in [3.8, 4) is 0 Å². The van der Waals surface area contributed by atoms with Crippen molar-refractivity contribution < 1.29 is 13.2 Å². The van der Waals surface area contributed by atoms with Crippen LogP contribution >= 0.6 is 11.3 Å². The van der Waals surface area contributed by atoms with Gasteiger partial charge in [0.15, 0.2) is 5.13 Å². The van der Waals surface area contributed by atoms with E-state index in [0.717, 1.165) is 22.9 Å². The summed E-state index contributed by atoms with van der Waals surface area (Å²) < 4.78 is 37.2. The highest BCUT2D eigenvalue weighted by atomic mass is 32.1. The molecule has 1 aromatic carbocycles. The second kappa shape index (κ2) is 5.21. The summed E-state index contributed by atoms with van der Waals surface area (Å²) >= 11 is 0.621. The molecule has 0 aliphatic rings. The van der Waals surface area contributed by atoms with Gasteiger partial charge in [-0.1, -0.05) is 35.1 Å². The lowest BCUT2D eigenvalue weighted by Gasteiger charge is -2.07. The van der Waals surface area contributed by atoms with Crippen LogP contribution in [0.3, 0.4) is 0 Å². The zero-order valence-electron chi connectivity index (χ0n) is 10.5. The molecule has 19 heavy (non-hydrogen) atoms. The summed E-state index contributed by atoms with van der Waals surface area (Å²) in [6.45, 7) is 4.45. The number of aryl methyl sites for hydroxylation is 2. The first-order valence-corrected chi connectivity index (χ1v) is 6.51. The largest absolute Gasteiger partial charge is 0.427 e. The van der Waals surface area contributed by atoms with Crippen LogP contribution in [-0.4, -0.2) is 4.98 Å². The second-order valence-corrected chi connectivity index (χ2v) is 5.34. The predicted octanol–water partition coefficient (Wildman–Crippen LogP) is 4.39. The number of nitrogens with zero attached hydrogens (tertiary/aromatic N) is 1. The van der Waals surface area contributed by atoms with Gasteiger partial charge in [0, 0.05) is 6.54 Å². The van der Waals surface area contributed by atoms with Crippen molar-refractivity contribution in [1.82, 2.24) is 4.98 Å². The van der Waals surface area contributed by atoms with Crippen LogP contribution in [0.15, 0.2) is 24.4 Å². The maximum atomic E-state index is 12.4. The van der Waals surface area contributed by atoms with E-state index in [-0.39, 0.29) is 5.13 Å². The third kappa shape index (κ3) is 3.47. The highest BCUT2D eigenvalue weighted by Crippen LogP contribution is 2.35. The summed E-state index contributed by atoms with van der Waals surface area (Å²) in [5, 5.41) is 3.21. The normalized spacial score (nSPS) is 11.6. The molecule has 0 unspecified atom stereocenters. The number of nitrogens with one attached hydrogen (secondary N) is 1. The molecule has 6 heteroatoms. The van der Waals surface area contributed by atoms with E-state index in [1.807, 2.05) is 32.0 Å². The molecule has 0 saturated heterocycles. The smallest absolute Gasteiger partial charge is 0.357 e. The Morgan fingerprint density at radius 2 is 2.00 bits per heavy atom. The summed E-state index contributed by atoms with van der Waals surface area (Å²) in [7, 11) is 0. The first-order chi connectivity index (χ1) is 8.86. The van der Waals surface area contributed by atoms with Crippen molar-refractivity contribution in [1.29, 1.82) is 0 Å². The Morgan fingerprint density at radius 3 is 2.58 bits per heavy atom. The van der Waals surface area contributed by atoms with Crippen molar-refractivity contribution in [2.45, 2.75) is 26.6 Å². The molecule has 0 aliphatic heterocycles. The highest BCUT2D eigenvalue weighted by Gasteiger charge is 2.33. The Morgan fingerprint density at radius 1 is 1.26 bits per heavy atom. The molecule has 0 bridgehead atoms. The van der Waals surface area contributed by atoms with E-state index in [0.29, 0.717) is 17.9 Å². The van der Waals surface area contributed by atoms with Crippen LogP contribution in [0.25, 0.3) is 0 Å². The van der Waals surface area contributed by atoms with Gasteiger partial charge in [0.05, 0.1) is 6.20 Å². The van der Waals surface area contributed by atoms with Crippen molar-refractivity contribution >= 4 is 16.5 Å². The molecular formula is C13H13F3N2S. The Balaban J connectivity index is 2.04. The Kier molecular flexibility index (Phi) is 3.80. The van der Waals surface area contributed by atoms with Crippen LogP contribution in [0.2, 0.25) is 0 Å². The van der Waals surface area contributed by atoms with Gasteiger partial charge in [-0.25, -0.2) is 4.98 Å². The zero-order valence-corrected chi connectivity index (χ0v) is 11.3. The number of anilines is 1. The molecule has 1 N–H and O–H groups in total. The van der Waals surface area contributed by atoms with Gasteiger partial charge in [0.2, 0.25) is 0 Å². The molecule has 2 nitrogen and oxygen atoms in total. The highest BCUT2D eigenvalue weighted by molar-refractivity contribution is 7.15. The van der Waals surface area contributed by atoms with Crippen molar-refractivity contribution in [3.63, 3.8) is 0 Å².